The Hall–Kier alpha value is -1.56. The van der Waals surface area contributed by atoms with Crippen molar-refractivity contribution >= 4 is 27.8 Å². The van der Waals surface area contributed by atoms with Gasteiger partial charge in [-0.2, -0.15) is 0 Å². The quantitative estimate of drug-likeness (QED) is 0.761. The van der Waals surface area contributed by atoms with Crippen LogP contribution in [0.3, 0.4) is 0 Å². The largest absolute Gasteiger partial charge is 0.481 e. The molecule has 0 spiro atoms. The third kappa shape index (κ3) is 7.13. The zero-order valence-electron chi connectivity index (χ0n) is 12.4. The van der Waals surface area contributed by atoms with E-state index in [9.17, 15) is 9.59 Å². The number of benzene rings is 1. The molecule has 21 heavy (non-hydrogen) atoms. The van der Waals surface area contributed by atoms with Crippen molar-refractivity contribution in [1.29, 1.82) is 0 Å². The van der Waals surface area contributed by atoms with Crippen LogP contribution in [0.4, 0.5) is 0 Å². The number of rotatable bonds is 7. The van der Waals surface area contributed by atoms with Crippen LogP contribution in [-0.4, -0.2) is 31.6 Å². The molecule has 0 aliphatic heterocycles. The Labute approximate surface area is 133 Å². The summed E-state index contributed by atoms with van der Waals surface area (Å²) >= 11 is 3.35. The number of ether oxygens (including phenoxy) is 2. The van der Waals surface area contributed by atoms with Crippen molar-refractivity contribution in [2.75, 3.05) is 19.8 Å². The molecule has 5 nitrogen and oxygen atoms in total. The van der Waals surface area contributed by atoms with Gasteiger partial charge >= 0.3 is 5.97 Å². The number of carbonyl (C=O) groups excluding carboxylic acids is 2. The van der Waals surface area contributed by atoms with Gasteiger partial charge in [0.15, 0.2) is 13.2 Å². The number of aryl methyl sites for hydroxylation is 1. The molecule has 0 saturated carbocycles. The van der Waals surface area contributed by atoms with E-state index in [1.54, 1.807) is 6.07 Å². The van der Waals surface area contributed by atoms with Crippen molar-refractivity contribution in [3.8, 4) is 5.75 Å². The first kappa shape index (κ1) is 17.5. The smallest absolute Gasteiger partial charge is 0.344 e. The highest BCUT2D eigenvalue weighted by Crippen LogP contribution is 2.25. The lowest BCUT2D eigenvalue weighted by Crippen LogP contribution is -2.32. The molecule has 0 atom stereocenters. The van der Waals surface area contributed by atoms with E-state index in [-0.39, 0.29) is 19.1 Å². The summed E-state index contributed by atoms with van der Waals surface area (Å²) in [4.78, 5) is 22.9. The zero-order valence-corrected chi connectivity index (χ0v) is 14.0. The summed E-state index contributed by atoms with van der Waals surface area (Å²) in [7, 11) is 0. The highest BCUT2D eigenvalue weighted by atomic mass is 79.9. The molecule has 116 valence electrons. The molecule has 1 N–H and O–H groups in total. The molecular formula is C15H20BrNO4. The molecule has 1 rings (SSSR count). The van der Waals surface area contributed by atoms with E-state index in [2.05, 4.69) is 21.2 Å². The molecule has 6 heteroatoms. The number of esters is 1. The summed E-state index contributed by atoms with van der Waals surface area (Å²) in [5, 5.41) is 2.66. The fourth-order valence-corrected chi connectivity index (χ4v) is 2.02. The highest BCUT2D eigenvalue weighted by molar-refractivity contribution is 9.10. The first-order valence-electron chi connectivity index (χ1n) is 6.69. The zero-order chi connectivity index (χ0) is 15.8. The van der Waals surface area contributed by atoms with Crippen molar-refractivity contribution in [2.24, 2.45) is 5.92 Å². The van der Waals surface area contributed by atoms with Gasteiger partial charge in [-0.15, -0.1) is 0 Å². The number of nitrogens with one attached hydrogen (secondary N) is 1. The van der Waals surface area contributed by atoms with Crippen LogP contribution >= 0.6 is 15.9 Å². The number of hydrogen-bond acceptors (Lipinski definition) is 4. The molecule has 0 aliphatic rings. The van der Waals surface area contributed by atoms with E-state index >= 15 is 0 Å². The SMILES string of the molecule is Cc1ccc(OCC(=O)OCC(=O)NCC(C)C)c(Br)c1. The Morgan fingerprint density at radius 1 is 1.29 bits per heavy atom. The van der Waals surface area contributed by atoms with Gasteiger partial charge in [0.1, 0.15) is 5.75 Å². The first-order valence-corrected chi connectivity index (χ1v) is 7.49. The van der Waals surface area contributed by atoms with Crippen LogP contribution in [0.5, 0.6) is 5.75 Å². The Balaban J connectivity index is 2.29. The fraction of sp³-hybridized carbons (Fsp3) is 0.467. The fourth-order valence-electron chi connectivity index (χ4n) is 1.42. The predicted octanol–water partition coefficient (Wildman–Crippen LogP) is 2.45. The molecule has 1 aromatic carbocycles. The maximum Gasteiger partial charge on any atom is 0.344 e. The third-order valence-electron chi connectivity index (χ3n) is 2.50. The van der Waals surface area contributed by atoms with Crippen LogP contribution in [-0.2, 0) is 14.3 Å². The third-order valence-corrected chi connectivity index (χ3v) is 3.12. The summed E-state index contributed by atoms with van der Waals surface area (Å²) in [5.74, 6) is 0.0180. The van der Waals surface area contributed by atoms with E-state index in [0.717, 1.165) is 10.0 Å². The monoisotopic (exact) mass is 357 g/mol. The lowest BCUT2D eigenvalue weighted by molar-refractivity contribution is -0.150. The minimum absolute atomic E-state index is 0.237. The Kier molecular flexibility index (Phi) is 7.22. The van der Waals surface area contributed by atoms with E-state index in [4.69, 9.17) is 9.47 Å². The maximum atomic E-state index is 11.5. The Morgan fingerprint density at radius 2 is 2.00 bits per heavy atom. The molecule has 0 aliphatic carbocycles. The summed E-state index contributed by atoms with van der Waals surface area (Å²) in [6, 6.07) is 5.53. The van der Waals surface area contributed by atoms with Gasteiger partial charge in [0.05, 0.1) is 4.47 Å². The van der Waals surface area contributed by atoms with Gasteiger partial charge in [-0.05, 0) is 46.5 Å². The number of hydrogen-bond donors (Lipinski definition) is 1. The van der Waals surface area contributed by atoms with Crippen LogP contribution in [0.2, 0.25) is 0 Å². The second-order valence-electron chi connectivity index (χ2n) is 5.08. The van der Waals surface area contributed by atoms with Crippen LogP contribution < -0.4 is 10.1 Å². The number of carbonyl (C=O) groups is 2. The summed E-state index contributed by atoms with van der Waals surface area (Å²) in [6.45, 7) is 5.96. The molecule has 0 saturated heterocycles. The van der Waals surface area contributed by atoms with Gasteiger partial charge in [-0.3, -0.25) is 4.79 Å². The van der Waals surface area contributed by atoms with Crippen LogP contribution in [0.25, 0.3) is 0 Å². The van der Waals surface area contributed by atoms with Crippen molar-refractivity contribution in [3.05, 3.63) is 28.2 Å². The second-order valence-corrected chi connectivity index (χ2v) is 5.94. The minimum atomic E-state index is -0.581. The standard InChI is InChI=1S/C15H20BrNO4/c1-10(2)7-17-14(18)8-21-15(19)9-20-13-5-4-11(3)6-12(13)16/h4-6,10H,7-9H2,1-3H3,(H,17,18). The predicted molar refractivity (Wildman–Crippen MR) is 83.2 cm³/mol. The first-order chi connectivity index (χ1) is 9.88. The molecule has 0 fully saturated rings. The van der Waals surface area contributed by atoms with Crippen LogP contribution in [0, 0.1) is 12.8 Å². The Bertz CT molecular complexity index is 502. The summed E-state index contributed by atoms with van der Waals surface area (Å²) in [6.07, 6.45) is 0. The number of amides is 1. The lowest BCUT2D eigenvalue weighted by atomic mass is 10.2. The van der Waals surface area contributed by atoms with Gasteiger partial charge in [-0.25, -0.2) is 4.79 Å². The lowest BCUT2D eigenvalue weighted by Gasteiger charge is -2.10. The maximum absolute atomic E-state index is 11.5. The van der Waals surface area contributed by atoms with E-state index < -0.39 is 5.97 Å². The summed E-state index contributed by atoms with van der Waals surface area (Å²) < 4.78 is 10.9. The van der Waals surface area contributed by atoms with Gasteiger partial charge < -0.3 is 14.8 Å². The average molecular weight is 358 g/mol. The molecule has 0 bridgehead atoms. The normalized spacial score (nSPS) is 10.3. The second kappa shape index (κ2) is 8.67. The Morgan fingerprint density at radius 3 is 2.62 bits per heavy atom. The molecule has 1 aromatic rings. The topological polar surface area (TPSA) is 64.6 Å². The van der Waals surface area contributed by atoms with E-state index in [1.165, 1.54) is 0 Å². The van der Waals surface area contributed by atoms with Crippen molar-refractivity contribution in [3.63, 3.8) is 0 Å². The van der Waals surface area contributed by atoms with Crippen LogP contribution in [0.15, 0.2) is 22.7 Å². The molecule has 0 radical (unpaired) electrons. The van der Waals surface area contributed by atoms with Gasteiger partial charge in [-0.1, -0.05) is 19.9 Å². The molecule has 0 unspecified atom stereocenters. The minimum Gasteiger partial charge on any atom is -0.481 e. The highest BCUT2D eigenvalue weighted by Gasteiger charge is 2.10. The summed E-state index contributed by atoms with van der Waals surface area (Å²) in [5.41, 5.74) is 1.08. The molecule has 0 aromatic heterocycles. The molecule has 1 amide bonds. The van der Waals surface area contributed by atoms with Crippen molar-refractivity contribution in [2.45, 2.75) is 20.8 Å². The van der Waals surface area contributed by atoms with E-state index in [1.807, 2.05) is 32.9 Å². The molecular weight excluding hydrogens is 338 g/mol. The van der Waals surface area contributed by atoms with Crippen LogP contribution in [0.1, 0.15) is 19.4 Å². The molecule has 0 heterocycles. The van der Waals surface area contributed by atoms with Gasteiger partial charge in [0.2, 0.25) is 0 Å². The van der Waals surface area contributed by atoms with Gasteiger partial charge in [0, 0.05) is 6.54 Å². The average Bonchev–Trinajstić information content (AvgIpc) is 2.41. The number of halogens is 1. The van der Waals surface area contributed by atoms with Crippen molar-refractivity contribution < 1.29 is 19.1 Å². The van der Waals surface area contributed by atoms with E-state index in [0.29, 0.717) is 18.2 Å². The van der Waals surface area contributed by atoms with Crippen molar-refractivity contribution in [1.82, 2.24) is 5.32 Å². The van der Waals surface area contributed by atoms with Gasteiger partial charge in [0.25, 0.3) is 5.91 Å².